The van der Waals surface area contributed by atoms with Crippen molar-refractivity contribution >= 4 is 27.5 Å². The largest absolute Gasteiger partial charge is 0.365 e. The monoisotopic (exact) mass is 345 g/mol. The van der Waals surface area contributed by atoms with Crippen LogP contribution in [0.5, 0.6) is 0 Å². The van der Waals surface area contributed by atoms with Gasteiger partial charge in [0.05, 0.1) is 16.8 Å². The molecule has 2 N–H and O–H groups in total. The fourth-order valence-corrected chi connectivity index (χ4v) is 3.76. The molecule has 2 aromatic heterocycles. The normalized spacial score (nSPS) is 11.1. The number of benzene rings is 1. The first-order valence-electron chi connectivity index (χ1n) is 7.45. The van der Waals surface area contributed by atoms with Crippen molar-refractivity contribution in [3.8, 4) is 0 Å². The number of hydrogen-bond acceptors (Lipinski definition) is 4. The standard InChI is InChI=1S/C17H16FN3O2S/c1-10-13-16(24-14(10)15(19)22)20-12(21(8-7-18)17(13)23)9-11-5-3-2-4-6-11/h2-6H,7-9H2,1H3,(H2,19,22). The van der Waals surface area contributed by atoms with E-state index in [-0.39, 0.29) is 12.1 Å². The van der Waals surface area contributed by atoms with Crippen molar-refractivity contribution < 1.29 is 9.18 Å². The molecule has 7 heteroatoms. The van der Waals surface area contributed by atoms with Crippen LogP contribution in [-0.4, -0.2) is 22.1 Å². The molecule has 0 aliphatic carbocycles. The SMILES string of the molecule is Cc1c(C(N)=O)sc2nc(Cc3ccccc3)n(CCF)c(=O)c12. The van der Waals surface area contributed by atoms with E-state index in [4.69, 9.17) is 5.73 Å². The van der Waals surface area contributed by atoms with Crippen LogP contribution in [0, 0.1) is 6.92 Å². The average Bonchev–Trinajstić information content (AvgIpc) is 2.89. The maximum Gasteiger partial charge on any atom is 0.262 e. The third-order valence-corrected chi connectivity index (χ3v) is 5.07. The Kier molecular flexibility index (Phi) is 4.44. The van der Waals surface area contributed by atoms with Gasteiger partial charge in [-0.05, 0) is 18.1 Å². The molecule has 0 saturated carbocycles. The van der Waals surface area contributed by atoms with Crippen LogP contribution < -0.4 is 11.3 Å². The Balaban J connectivity index is 2.22. The lowest BCUT2D eigenvalue weighted by Crippen LogP contribution is -2.26. The average molecular weight is 345 g/mol. The molecule has 3 rings (SSSR count). The van der Waals surface area contributed by atoms with Crippen LogP contribution in [0.25, 0.3) is 10.2 Å². The van der Waals surface area contributed by atoms with Gasteiger partial charge in [-0.3, -0.25) is 14.2 Å². The summed E-state index contributed by atoms with van der Waals surface area (Å²) in [6.07, 6.45) is 0.412. The molecule has 0 atom stereocenters. The minimum Gasteiger partial charge on any atom is -0.365 e. The van der Waals surface area contributed by atoms with Crippen molar-refractivity contribution in [3.05, 3.63) is 62.5 Å². The molecule has 24 heavy (non-hydrogen) atoms. The van der Waals surface area contributed by atoms with E-state index in [2.05, 4.69) is 4.98 Å². The molecule has 5 nitrogen and oxygen atoms in total. The first-order chi connectivity index (χ1) is 11.5. The highest BCUT2D eigenvalue weighted by molar-refractivity contribution is 7.20. The van der Waals surface area contributed by atoms with Gasteiger partial charge in [-0.25, -0.2) is 9.37 Å². The van der Waals surface area contributed by atoms with Crippen LogP contribution in [0.2, 0.25) is 0 Å². The van der Waals surface area contributed by atoms with Crippen LogP contribution in [0.3, 0.4) is 0 Å². The Morgan fingerprint density at radius 3 is 2.67 bits per heavy atom. The van der Waals surface area contributed by atoms with Crippen molar-refractivity contribution in [2.24, 2.45) is 5.73 Å². The number of nitrogens with two attached hydrogens (primary N) is 1. The van der Waals surface area contributed by atoms with E-state index in [0.29, 0.717) is 32.9 Å². The summed E-state index contributed by atoms with van der Waals surface area (Å²) in [7, 11) is 0. The lowest BCUT2D eigenvalue weighted by molar-refractivity contribution is 0.100. The molecule has 1 aromatic carbocycles. The minimum atomic E-state index is -0.666. The molecule has 0 aliphatic heterocycles. The number of primary amides is 1. The van der Waals surface area contributed by atoms with Gasteiger partial charge in [-0.2, -0.15) is 0 Å². The molecular weight excluding hydrogens is 329 g/mol. The summed E-state index contributed by atoms with van der Waals surface area (Å²) in [5, 5.41) is 0.346. The topological polar surface area (TPSA) is 78.0 Å². The van der Waals surface area contributed by atoms with E-state index in [0.717, 1.165) is 16.9 Å². The Labute approximate surface area is 141 Å². The molecule has 124 valence electrons. The summed E-state index contributed by atoms with van der Waals surface area (Å²) in [6.45, 7) is 0.935. The second kappa shape index (κ2) is 6.52. The van der Waals surface area contributed by atoms with Gasteiger partial charge in [0.1, 0.15) is 17.3 Å². The molecule has 0 radical (unpaired) electrons. The summed E-state index contributed by atoms with van der Waals surface area (Å²) in [5.74, 6) is -0.106. The number of aromatic nitrogens is 2. The molecule has 0 unspecified atom stereocenters. The number of halogens is 1. The number of aryl methyl sites for hydroxylation is 1. The number of carbonyl (C=O) groups is 1. The van der Waals surface area contributed by atoms with Crippen LogP contribution >= 0.6 is 11.3 Å². The van der Waals surface area contributed by atoms with Crippen LogP contribution in [0.4, 0.5) is 4.39 Å². The lowest BCUT2D eigenvalue weighted by atomic mass is 10.1. The number of hydrogen-bond donors (Lipinski definition) is 1. The number of thiophene rings is 1. The Morgan fingerprint density at radius 2 is 2.04 bits per heavy atom. The Hall–Kier alpha value is -2.54. The van der Waals surface area contributed by atoms with Gasteiger partial charge in [-0.1, -0.05) is 30.3 Å². The zero-order valence-electron chi connectivity index (χ0n) is 13.1. The summed E-state index contributed by atoms with van der Waals surface area (Å²) >= 11 is 1.10. The number of carbonyl (C=O) groups excluding carboxylic acids is 1. The van der Waals surface area contributed by atoms with Crippen LogP contribution in [0.1, 0.15) is 26.6 Å². The molecule has 1 amide bonds. The Bertz CT molecular complexity index is 963. The van der Waals surface area contributed by atoms with E-state index in [1.165, 1.54) is 4.57 Å². The lowest BCUT2D eigenvalue weighted by Gasteiger charge is -2.11. The Morgan fingerprint density at radius 1 is 1.33 bits per heavy atom. The van der Waals surface area contributed by atoms with Crippen LogP contribution in [-0.2, 0) is 13.0 Å². The van der Waals surface area contributed by atoms with Gasteiger partial charge >= 0.3 is 0 Å². The second-order valence-electron chi connectivity index (χ2n) is 5.44. The highest BCUT2D eigenvalue weighted by Crippen LogP contribution is 2.27. The van der Waals surface area contributed by atoms with Crippen molar-refractivity contribution in [1.29, 1.82) is 0 Å². The molecule has 0 fully saturated rings. The fourth-order valence-electron chi connectivity index (χ4n) is 2.72. The molecule has 0 spiro atoms. The minimum absolute atomic E-state index is 0.0644. The quantitative estimate of drug-likeness (QED) is 0.771. The van der Waals surface area contributed by atoms with Gasteiger partial charge in [0.2, 0.25) is 0 Å². The van der Waals surface area contributed by atoms with E-state index < -0.39 is 12.6 Å². The molecule has 2 heterocycles. The molecule has 3 aromatic rings. The van der Waals surface area contributed by atoms with E-state index in [9.17, 15) is 14.0 Å². The molecule has 0 saturated heterocycles. The first-order valence-corrected chi connectivity index (χ1v) is 8.27. The number of nitrogens with zero attached hydrogens (tertiary/aromatic N) is 2. The molecule has 0 bridgehead atoms. The van der Waals surface area contributed by atoms with E-state index in [1.807, 2.05) is 30.3 Å². The van der Waals surface area contributed by atoms with Gasteiger partial charge in [0, 0.05) is 6.42 Å². The predicted octanol–water partition coefficient (Wildman–Crippen LogP) is 2.43. The zero-order chi connectivity index (χ0) is 17.3. The highest BCUT2D eigenvalue weighted by atomic mass is 32.1. The van der Waals surface area contributed by atoms with Crippen LogP contribution in [0.15, 0.2) is 35.1 Å². The van der Waals surface area contributed by atoms with Gasteiger partial charge < -0.3 is 5.73 Å². The van der Waals surface area contributed by atoms with Crippen molar-refractivity contribution in [2.45, 2.75) is 19.9 Å². The maximum atomic E-state index is 13.0. The zero-order valence-corrected chi connectivity index (χ0v) is 13.9. The number of amides is 1. The van der Waals surface area contributed by atoms with Crippen molar-refractivity contribution in [3.63, 3.8) is 0 Å². The van der Waals surface area contributed by atoms with Crippen molar-refractivity contribution in [1.82, 2.24) is 9.55 Å². The molecular formula is C17H16FN3O2S. The summed E-state index contributed by atoms with van der Waals surface area (Å²) < 4.78 is 14.3. The predicted molar refractivity (Wildman–Crippen MR) is 92.4 cm³/mol. The number of fused-ring (bicyclic) bond motifs is 1. The fraction of sp³-hybridized carbons (Fsp3) is 0.235. The smallest absolute Gasteiger partial charge is 0.262 e. The highest BCUT2D eigenvalue weighted by Gasteiger charge is 2.20. The number of rotatable bonds is 5. The summed E-state index contributed by atoms with van der Waals surface area (Å²) in [6, 6.07) is 9.53. The second-order valence-corrected chi connectivity index (χ2v) is 6.44. The summed E-state index contributed by atoms with van der Waals surface area (Å²) in [5.41, 5.74) is 6.52. The van der Waals surface area contributed by atoms with Crippen molar-refractivity contribution in [2.75, 3.05) is 6.67 Å². The third-order valence-electron chi connectivity index (χ3n) is 3.87. The van der Waals surface area contributed by atoms with Gasteiger partial charge in [-0.15, -0.1) is 11.3 Å². The third kappa shape index (κ3) is 2.82. The van der Waals surface area contributed by atoms with Gasteiger partial charge in [0.15, 0.2) is 0 Å². The van der Waals surface area contributed by atoms with E-state index >= 15 is 0 Å². The van der Waals surface area contributed by atoms with Gasteiger partial charge in [0.25, 0.3) is 11.5 Å². The summed E-state index contributed by atoms with van der Waals surface area (Å²) in [4.78, 5) is 29.6. The number of alkyl halides is 1. The first kappa shape index (κ1) is 16.3. The maximum absolute atomic E-state index is 13.0. The molecule has 0 aliphatic rings. The van der Waals surface area contributed by atoms with E-state index in [1.54, 1.807) is 6.92 Å².